The van der Waals surface area contributed by atoms with Gasteiger partial charge in [0, 0.05) is 18.3 Å². The third-order valence-electron chi connectivity index (χ3n) is 3.77. The predicted molar refractivity (Wildman–Crippen MR) is 94.8 cm³/mol. The largest absolute Gasteiger partial charge is 0.444 e. The second kappa shape index (κ2) is 7.96. The molecule has 2 rings (SSSR count). The molecule has 132 valence electrons. The molecule has 0 radical (unpaired) electrons. The summed E-state index contributed by atoms with van der Waals surface area (Å²) in [5.41, 5.74) is 0.0562. The Morgan fingerprint density at radius 3 is 2.21 bits per heavy atom. The van der Waals surface area contributed by atoms with E-state index in [2.05, 4.69) is 31.5 Å². The zero-order chi connectivity index (χ0) is 17.7. The van der Waals surface area contributed by atoms with Gasteiger partial charge in [0.25, 0.3) is 5.91 Å². The van der Waals surface area contributed by atoms with Gasteiger partial charge in [0.15, 0.2) is 0 Å². The molecule has 0 unspecified atom stereocenters. The predicted octanol–water partition coefficient (Wildman–Crippen LogP) is 3.41. The first kappa shape index (κ1) is 18.7. The van der Waals surface area contributed by atoms with Crippen molar-refractivity contribution in [3.05, 3.63) is 28.5 Å². The number of nitrogens with zero attached hydrogens (tertiary/aromatic N) is 1. The molecule has 1 aromatic rings. The molecule has 7 heteroatoms. The third-order valence-corrected chi connectivity index (χ3v) is 4.24. The molecule has 2 N–H and O–H groups in total. The highest BCUT2D eigenvalue weighted by Gasteiger charge is 2.25. The van der Waals surface area contributed by atoms with Gasteiger partial charge < -0.3 is 15.4 Å². The van der Waals surface area contributed by atoms with Gasteiger partial charge in [-0.2, -0.15) is 0 Å². The Kier molecular flexibility index (Phi) is 6.21. The van der Waals surface area contributed by atoms with Crippen LogP contribution in [0.25, 0.3) is 0 Å². The molecule has 0 aliphatic heterocycles. The minimum absolute atomic E-state index is 0.0994. The van der Waals surface area contributed by atoms with E-state index in [9.17, 15) is 9.59 Å². The lowest BCUT2D eigenvalue weighted by atomic mass is 9.91. The minimum Gasteiger partial charge on any atom is -0.444 e. The highest BCUT2D eigenvalue weighted by atomic mass is 79.9. The van der Waals surface area contributed by atoms with Crippen LogP contribution in [0.3, 0.4) is 0 Å². The van der Waals surface area contributed by atoms with Crippen molar-refractivity contribution in [2.24, 2.45) is 0 Å². The van der Waals surface area contributed by atoms with Crippen molar-refractivity contribution in [2.45, 2.75) is 64.1 Å². The summed E-state index contributed by atoms with van der Waals surface area (Å²) in [6, 6.07) is 3.71. The summed E-state index contributed by atoms with van der Waals surface area (Å²) in [6.45, 7) is 5.53. The van der Waals surface area contributed by atoms with Crippen molar-refractivity contribution in [3.63, 3.8) is 0 Å². The number of hydrogen-bond acceptors (Lipinski definition) is 4. The first-order valence-corrected chi connectivity index (χ1v) is 8.94. The minimum atomic E-state index is -0.492. The Labute approximate surface area is 150 Å². The summed E-state index contributed by atoms with van der Waals surface area (Å²) >= 11 is 3.25. The SMILES string of the molecule is CC(C)(C)OC(=O)NC1CCC(NC(=O)c2ccc(Br)nc2)CC1. The van der Waals surface area contributed by atoms with E-state index in [1.807, 2.05) is 20.8 Å². The smallest absolute Gasteiger partial charge is 0.407 e. The number of ether oxygens (including phenoxy) is 1. The molecular formula is C17H24BrN3O3. The summed E-state index contributed by atoms with van der Waals surface area (Å²) in [5.74, 6) is -0.112. The Hall–Kier alpha value is -1.63. The fourth-order valence-electron chi connectivity index (χ4n) is 2.64. The Morgan fingerprint density at radius 2 is 1.71 bits per heavy atom. The highest BCUT2D eigenvalue weighted by molar-refractivity contribution is 9.10. The summed E-state index contributed by atoms with van der Waals surface area (Å²) < 4.78 is 5.97. The maximum absolute atomic E-state index is 12.2. The molecule has 0 spiro atoms. The van der Waals surface area contributed by atoms with E-state index in [0.29, 0.717) is 10.2 Å². The van der Waals surface area contributed by atoms with Crippen molar-refractivity contribution in [1.82, 2.24) is 15.6 Å². The van der Waals surface area contributed by atoms with Crippen molar-refractivity contribution >= 4 is 27.9 Å². The maximum atomic E-state index is 12.2. The molecule has 24 heavy (non-hydrogen) atoms. The number of alkyl carbamates (subject to hydrolysis) is 1. The molecule has 2 amide bonds. The van der Waals surface area contributed by atoms with Gasteiger partial charge in [-0.1, -0.05) is 0 Å². The lowest BCUT2D eigenvalue weighted by molar-refractivity contribution is 0.0488. The van der Waals surface area contributed by atoms with Crippen LogP contribution in [0.2, 0.25) is 0 Å². The Morgan fingerprint density at radius 1 is 1.12 bits per heavy atom. The van der Waals surface area contributed by atoms with E-state index in [4.69, 9.17) is 4.74 Å². The fraction of sp³-hybridized carbons (Fsp3) is 0.588. The van der Waals surface area contributed by atoms with Gasteiger partial charge in [0.05, 0.1) is 5.56 Å². The number of carbonyl (C=O) groups is 2. The zero-order valence-corrected chi connectivity index (χ0v) is 15.9. The maximum Gasteiger partial charge on any atom is 0.407 e. The molecule has 0 atom stereocenters. The summed E-state index contributed by atoms with van der Waals surface area (Å²) in [6.07, 6.45) is 4.48. The van der Waals surface area contributed by atoms with E-state index in [1.165, 1.54) is 0 Å². The van der Waals surface area contributed by atoms with Crippen LogP contribution in [0, 0.1) is 0 Å². The van der Waals surface area contributed by atoms with Crippen LogP contribution in [0.15, 0.2) is 22.9 Å². The fourth-order valence-corrected chi connectivity index (χ4v) is 2.87. The van der Waals surface area contributed by atoms with E-state index in [0.717, 1.165) is 25.7 Å². The van der Waals surface area contributed by atoms with Crippen LogP contribution in [0.4, 0.5) is 4.79 Å². The van der Waals surface area contributed by atoms with E-state index >= 15 is 0 Å². The van der Waals surface area contributed by atoms with Crippen molar-refractivity contribution in [3.8, 4) is 0 Å². The number of aromatic nitrogens is 1. The molecule has 1 aliphatic carbocycles. The van der Waals surface area contributed by atoms with Crippen molar-refractivity contribution in [1.29, 1.82) is 0 Å². The lowest BCUT2D eigenvalue weighted by Gasteiger charge is -2.30. The monoisotopic (exact) mass is 397 g/mol. The number of hydrogen-bond donors (Lipinski definition) is 2. The van der Waals surface area contributed by atoms with E-state index in [1.54, 1.807) is 18.3 Å². The summed E-state index contributed by atoms with van der Waals surface area (Å²) in [5, 5.41) is 5.93. The number of carbonyl (C=O) groups excluding carboxylic acids is 2. The average molecular weight is 398 g/mol. The average Bonchev–Trinajstić information content (AvgIpc) is 2.48. The molecule has 6 nitrogen and oxygen atoms in total. The first-order chi connectivity index (χ1) is 11.2. The Bertz CT molecular complexity index is 576. The number of amides is 2. The highest BCUT2D eigenvalue weighted by Crippen LogP contribution is 2.20. The number of nitrogens with one attached hydrogen (secondary N) is 2. The van der Waals surface area contributed by atoms with Crippen LogP contribution in [0.1, 0.15) is 56.8 Å². The lowest BCUT2D eigenvalue weighted by Crippen LogP contribution is -2.45. The van der Waals surface area contributed by atoms with E-state index < -0.39 is 5.60 Å². The normalized spacial score (nSPS) is 21.0. The second-order valence-electron chi connectivity index (χ2n) is 7.04. The zero-order valence-electron chi connectivity index (χ0n) is 14.3. The Balaban J connectivity index is 1.75. The van der Waals surface area contributed by atoms with Gasteiger partial charge in [-0.25, -0.2) is 9.78 Å². The second-order valence-corrected chi connectivity index (χ2v) is 7.85. The van der Waals surface area contributed by atoms with Gasteiger partial charge in [0.1, 0.15) is 10.2 Å². The quantitative estimate of drug-likeness (QED) is 0.765. The molecule has 1 aromatic heterocycles. The molecule has 1 saturated carbocycles. The summed E-state index contributed by atoms with van der Waals surface area (Å²) in [7, 11) is 0. The molecule has 0 bridgehead atoms. The van der Waals surface area contributed by atoms with Crippen LogP contribution < -0.4 is 10.6 Å². The van der Waals surface area contributed by atoms with Gasteiger partial charge >= 0.3 is 6.09 Å². The molecule has 1 fully saturated rings. The van der Waals surface area contributed by atoms with Crippen molar-refractivity contribution < 1.29 is 14.3 Å². The topological polar surface area (TPSA) is 80.3 Å². The van der Waals surface area contributed by atoms with Gasteiger partial charge in [-0.05, 0) is 74.5 Å². The van der Waals surface area contributed by atoms with Crippen LogP contribution >= 0.6 is 15.9 Å². The van der Waals surface area contributed by atoms with Crippen LogP contribution in [0.5, 0.6) is 0 Å². The van der Waals surface area contributed by atoms with E-state index in [-0.39, 0.29) is 24.1 Å². The van der Waals surface area contributed by atoms with Crippen LogP contribution in [-0.2, 0) is 4.74 Å². The first-order valence-electron chi connectivity index (χ1n) is 8.15. The molecule has 0 saturated heterocycles. The van der Waals surface area contributed by atoms with Gasteiger partial charge in [-0.3, -0.25) is 4.79 Å². The van der Waals surface area contributed by atoms with Gasteiger partial charge in [0.2, 0.25) is 0 Å². The molecular weight excluding hydrogens is 374 g/mol. The molecule has 1 heterocycles. The standard InChI is InChI=1S/C17H24BrN3O3/c1-17(2,3)24-16(23)21-13-7-5-12(6-8-13)20-15(22)11-4-9-14(18)19-10-11/h4,9-10,12-13H,5-8H2,1-3H3,(H,20,22)(H,21,23). The third kappa shape index (κ3) is 6.11. The number of pyridine rings is 1. The van der Waals surface area contributed by atoms with Crippen LogP contribution in [-0.4, -0.2) is 34.7 Å². The number of rotatable bonds is 3. The van der Waals surface area contributed by atoms with Crippen molar-refractivity contribution in [2.75, 3.05) is 0 Å². The molecule has 0 aromatic carbocycles. The molecule has 1 aliphatic rings. The van der Waals surface area contributed by atoms with Gasteiger partial charge in [-0.15, -0.1) is 0 Å². The summed E-state index contributed by atoms with van der Waals surface area (Å²) in [4.78, 5) is 28.0. The number of halogens is 1.